The van der Waals surface area contributed by atoms with Gasteiger partial charge in [-0.2, -0.15) is 0 Å². The number of amides is 1. The van der Waals surface area contributed by atoms with Crippen molar-refractivity contribution in [3.63, 3.8) is 0 Å². The Kier molecular flexibility index (Phi) is 20.2. The van der Waals surface area contributed by atoms with Crippen LogP contribution in [0.1, 0.15) is 159 Å². The highest BCUT2D eigenvalue weighted by Gasteiger charge is 2.33. The Bertz CT molecular complexity index is 1170. The minimum Gasteiger partial charge on any atom is -0.481 e. The van der Waals surface area contributed by atoms with Gasteiger partial charge in [0.15, 0.2) is 6.29 Å². The summed E-state index contributed by atoms with van der Waals surface area (Å²) in [6.07, 6.45) is 17.8. The molecule has 1 fully saturated rings. The van der Waals surface area contributed by atoms with E-state index >= 15 is 0 Å². The highest BCUT2D eigenvalue weighted by atomic mass is 16.7. The third kappa shape index (κ3) is 16.7. The maximum atomic E-state index is 12.7. The molecule has 1 amide bonds. The van der Waals surface area contributed by atoms with Crippen LogP contribution in [-0.4, -0.2) is 52.7 Å². The van der Waals surface area contributed by atoms with Crippen LogP contribution < -0.4 is 5.32 Å². The van der Waals surface area contributed by atoms with Gasteiger partial charge >= 0.3 is 5.97 Å². The van der Waals surface area contributed by atoms with E-state index in [0.29, 0.717) is 31.4 Å². The lowest BCUT2D eigenvalue weighted by Gasteiger charge is -2.38. The average molecular weight is 681 g/mol. The minimum absolute atomic E-state index is 0.00681. The molecule has 3 rings (SSSR count). The van der Waals surface area contributed by atoms with Crippen molar-refractivity contribution in [3.8, 4) is 0 Å². The maximum Gasteiger partial charge on any atom is 0.303 e. The molecule has 0 aromatic heterocycles. The Morgan fingerprint density at radius 1 is 0.755 bits per heavy atom. The number of rotatable bonds is 26. The van der Waals surface area contributed by atoms with Crippen LogP contribution in [0.2, 0.25) is 0 Å². The standard InChI is InChI=1S/C41H64N2O6/c1-3-5-7-9-11-16-27-43(28-17-12-10-8-6-4-2)31-37-30-38(34-25-23-33(32-44)24-26-34)49-41(48-37)35-19-18-20-36(29-35)42-39(45)21-14-13-15-22-40(46)47/h18-20,23-26,29,37-38,41,44H,3-17,21-22,27-28,30-32H2,1-2H3,(H,42,45)(H,46,47). The normalized spacial score (nSPS) is 17.8. The Labute approximate surface area is 296 Å². The predicted octanol–water partition coefficient (Wildman–Crippen LogP) is 9.72. The van der Waals surface area contributed by atoms with Gasteiger partial charge in [-0.1, -0.05) is 121 Å². The molecule has 0 aliphatic carbocycles. The molecule has 3 atom stereocenters. The first kappa shape index (κ1) is 40.6. The largest absolute Gasteiger partial charge is 0.481 e. The van der Waals surface area contributed by atoms with Gasteiger partial charge in [0.25, 0.3) is 0 Å². The van der Waals surface area contributed by atoms with E-state index < -0.39 is 12.3 Å². The van der Waals surface area contributed by atoms with Crippen LogP contribution >= 0.6 is 0 Å². The molecule has 49 heavy (non-hydrogen) atoms. The number of hydrogen-bond donors (Lipinski definition) is 3. The number of aliphatic carboxylic acids is 1. The van der Waals surface area contributed by atoms with Gasteiger partial charge in [0.2, 0.25) is 5.91 Å². The summed E-state index contributed by atoms with van der Waals surface area (Å²) in [5.74, 6) is -0.888. The topological polar surface area (TPSA) is 108 Å². The van der Waals surface area contributed by atoms with Crippen molar-refractivity contribution in [2.75, 3.05) is 25.0 Å². The van der Waals surface area contributed by atoms with Crippen molar-refractivity contribution in [1.82, 2.24) is 4.90 Å². The van der Waals surface area contributed by atoms with Crippen molar-refractivity contribution in [3.05, 3.63) is 65.2 Å². The fourth-order valence-electron chi connectivity index (χ4n) is 6.57. The Morgan fingerprint density at radius 3 is 2.00 bits per heavy atom. The van der Waals surface area contributed by atoms with E-state index in [9.17, 15) is 14.7 Å². The van der Waals surface area contributed by atoms with Crippen LogP contribution in [0, 0.1) is 0 Å². The number of carbonyl (C=O) groups excluding carboxylic acids is 1. The number of carboxylic acid groups (broad SMARTS) is 1. The molecular weight excluding hydrogens is 616 g/mol. The Balaban J connectivity index is 1.70. The summed E-state index contributed by atoms with van der Waals surface area (Å²) in [6, 6.07) is 15.7. The lowest BCUT2D eigenvalue weighted by molar-refractivity contribution is -0.253. The molecular formula is C41H64N2O6. The third-order valence-electron chi connectivity index (χ3n) is 9.47. The molecule has 3 unspecified atom stereocenters. The number of carboxylic acids is 1. The summed E-state index contributed by atoms with van der Waals surface area (Å²) < 4.78 is 13.3. The van der Waals surface area contributed by atoms with Gasteiger partial charge in [-0.3, -0.25) is 9.59 Å². The summed E-state index contributed by atoms with van der Waals surface area (Å²) in [7, 11) is 0. The summed E-state index contributed by atoms with van der Waals surface area (Å²) in [6.45, 7) is 7.56. The average Bonchev–Trinajstić information content (AvgIpc) is 3.10. The van der Waals surface area contributed by atoms with Crippen molar-refractivity contribution in [2.45, 2.75) is 155 Å². The first-order valence-corrected chi connectivity index (χ1v) is 19.3. The van der Waals surface area contributed by atoms with Crippen LogP contribution in [0.25, 0.3) is 0 Å². The minimum atomic E-state index is -0.802. The third-order valence-corrected chi connectivity index (χ3v) is 9.47. The number of benzene rings is 2. The number of nitrogens with one attached hydrogen (secondary N) is 1. The van der Waals surface area contributed by atoms with E-state index in [4.69, 9.17) is 14.6 Å². The smallest absolute Gasteiger partial charge is 0.303 e. The van der Waals surface area contributed by atoms with E-state index in [-0.39, 0.29) is 31.1 Å². The lowest BCUT2D eigenvalue weighted by atomic mass is 9.99. The van der Waals surface area contributed by atoms with E-state index in [2.05, 4.69) is 24.1 Å². The number of aliphatic hydroxyl groups is 1. The van der Waals surface area contributed by atoms with Gasteiger partial charge in [0, 0.05) is 37.1 Å². The molecule has 2 aromatic carbocycles. The zero-order valence-electron chi connectivity index (χ0n) is 30.4. The van der Waals surface area contributed by atoms with Gasteiger partial charge in [-0.15, -0.1) is 0 Å². The quantitative estimate of drug-likeness (QED) is 0.0849. The van der Waals surface area contributed by atoms with Gasteiger partial charge in [-0.05, 0) is 62.0 Å². The highest BCUT2D eigenvalue weighted by Crippen LogP contribution is 2.39. The highest BCUT2D eigenvalue weighted by molar-refractivity contribution is 5.90. The molecule has 274 valence electrons. The maximum absolute atomic E-state index is 12.7. The number of hydrogen-bond acceptors (Lipinski definition) is 6. The molecule has 1 heterocycles. The second-order valence-electron chi connectivity index (χ2n) is 13.8. The first-order chi connectivity index (χ1) is 23.9. The van der Waals surface area contributed by atoms with Crippen LogP contribution in [0.15, 0.2) is 48.5 Å². The van der Waals surface area contributed by atoms with E-state index in [1.165, 1.54) is 77.0 Å². The van der Waals surface area contributed by atoms with E-state index in [1.54, 1.807) is 0 Å². The second kappa shape index (κ2) is 24.4. The van der Waals surface area contributed by atoms with Crippen molar-refractivity contribution in [2.24, 2.45) is 0 Å². The Hall–Kier alpha value is -2.78. The van der Waals surface area contributed by atoms with Crippen molar-refractivity contribution in [1.29, 1.82) is 0 Å². The SMILES string of the molecule is CCCCCCCCN(CCCCCCCC)CC1CC(c2ccc(CO)cc2)OC(c2cccc(NC(=O)CCCCCC(=O)O)c2)O1. The predicted molar refractivity (Wildman–Crippen MR) is 197 cm³/mol. The summed E-state index contributed by atoms with van der Waals surface area (Å²) >= 11 is 0. The van der Waals surface area contributed by atoms with Gasteiger partial charge in [0.05, 0.1) is 18.8 Å². The molecule has 0 saturated carbocycles. The summed E-state index contributed by atoms with van der Waals surface area (Å²) in [5.41, 5.74) is 3.50. The number of carbonyl (C=O) groups is 2. The summed E-state index contributed by atoms with van der Waals surface area (Å²) in [5, 5.41) is 21.4. The molecule has 1 aliphatic heterocycles. The molecule has 1 aliphatic rings. The molecule has 0 radical (unpaired) electrons. The zero-order chi connectivity index (χ0) is 35.1. The molecule has 3 N–H and O–H groups in total. The first-order valence-electron chi connectivity index (χ1n) is 19.3. The molecule has 2 aromatic rings. The van der Waals surface area contributed by atoms with Crippen molar-refractivity contribution >= 4 is 17.6 Å². The van der Waals surface area contributed by atoms with Crippen LogP contribution in [0.4, 0.5) is 5.69 Å². The second-order valence-corrected chi connectivity index (χ2v) is 13.8. The number of anilines is 1. The number of nitrogens with zero attached hydrogens (tertiary/aromatic N) is 1. The van der Waals surface area contributed by atoms with Gasteiger partial charge in [0.1, 0.15) is 0 Å². The van der Waals surface area contributed by atoms with E-state index in [0.717, 1.165) is 42.7 Å². The number of unbranched alkanes of at least 4 members (excludes halogenated alkanes) is 12. The molecule has 0 bridgehead atoms. The number of ether oxygens (including phenoxy) is 2. The monoisotopic (exact) mass is 680 g/mol. The van der Waals surface area contributed by atoms with Crippen LogP contribution in [0.3, 0.4) is 0 Å². The molecule has 0 spiro atoms. The fourth-order valence-corrected chi connectivity index (χ4v) is 6.57. The Morgan fingerprint density at radius 2 is 1.37 bits per heavy atom. The van der Waals surface area contributed by atoms with Crippen molar-refractivity contribution < 1.29 is 29.3 Å². The van der Waals surface area contributed by atoms with Crippen LogP contribution in [-0.2, 0) is 25.7 Å². The lowest BCUT2D eigenvalue weighted by Crippen LogP contribution is -2.40. The van der Waals surface area contributed by atoms with Gasteiger partial charge in [-0.25, -0.2) is 0 Å². The van der Waals surface area contributed by atoms with Gasteiger partial charge < -0.3 is 29.9 Å². The molecule has 1 saturated heterocycles. The fraction of sp³-hybridized carbons (Fsp3) is 0.659. The van der Waals surface area contributed by atoms with Crippen LogP contribution in [0.5, 0.6) is 0 Å². The zero-order valence-corrected chi connectivity index (χ0v) is 30.4. The molecule has 8 heteroatoms. The number of aliphatic hydroxyl groups excluding tert-OH is 1. The summed E-state index contributed by atoms with van der Waals surface area (Å²) in [4.78, 5) is 26.0. The van der Waals surface area contributed by atoms with E-state index in [1.807, 2.05) is 48.5 Å². The molecule has 8 nitrogen and oxygen atoms in total.